The average Bonchev–Trinajstić information content (AvgIpc) is 2.97. The van der Waals surface area contributed by atoms with E-state index in [9.17, 15) is 19.7 Å². The lowest BCUT2D eigenvalue weighted by atomic mass is 10.0. The molecule has 0 aliphatic carbocycles. The van der Waals surface area contributed by atoms with Crippen molar-refractivity contribution in [3.63, 3.8) is 0 Å². The molecule has 2 rings (SSSR count). The number of ether oxygens (including phenoxy) is 1. The zero-order chi connectivity index (χ0) is 16.5. The maximum absolute atomic E-state index is 12.6. The number of morpholine rings is 1. The quantitative estimate of drug-likeness (QED) is 0.604. The summed E-state index contributed by atoms with van der Waals surface area (Å²) in [5, 5.41) is 23.5. The van der Waals surface area contributed by atoms with Crippen molar-refractivity contribution in [3.8, 4) is 0 Å². The molecule has 1 atom stereocenters. The Bertz CT molecular complexity index is 611. The number of hydrogen-bond donors (Lipinski definition) is 1. The summed E-state index contributed by atoms with van der Waals surface area (Å²) in [5.74, 6) is -1.51. The first-order valence-electron chi connectivity index (χ1n) is 6.57. The van der Waals surface area contributed by atoms with Crippen molar-refractivity contribution >= 4 is 17.6 Å². The Balaban J connectivity index is 2.18. The Morgan fingerprint density at radius 1 is 1.55 bits per heavy atom. The molecule has 0 spiro atoms. The minimum Gasteiger partial charge on any atom is -0.479 e. The van der Waals surface area contributed by atoms with Gasteiger partial charge in [0.15, 0.2) is 6.10 Å². The fourth-order valence-corrected chi connectivity index (χ4v) is 2.18. The Morgan fingerprint density at radius 2 is 2.23 bits per heavy atom. The van der Waals surface area contributed by atoms with E-state index in [4.69, 9.17) is 9.84 Å². The van der Waals surface area contributed by atoms with Gasteiger partial charge in [0.2, 0.25) is 5.91 Å². The molecule has 22 heavy (non-hydrogen) atoms. The monoisotopic (exact) mass is 312 g/mol. The number of aromatic nitrogens is 2. The van der Waals surface area contributed by atoms with Crippen molar-refractivity contribution < 1.29 is 24.4 Å². The fraction of sp³-hybridized carbons (Fsp3) is 0.583. The number of carboxylic acid groups (broad SMARTS) is 1. The molecule has 1 unspecified atom stereocenters. The third kappa shape index (κ3) is 2.91. The van der Waals surface area contributed by atoms with E-state index in [1.807, 2.05) is 0 Å². The normalized spacial score (nSPS) is 19.0. The standard InChI is InChI=1S/C12H16N4O6/c1-12(2,15-6-8(5-13-15)16(20)21)11(19)14-3-4-22-9(7-14)10(17)18/h5-6,9H,3-4,7H2,1-2H3,(H,17,18). The molecule has 1 aliphatic heterocycles. The number of hydrogen-bond acceptors (Lipinski definition) is 6. The molecule has 1 aromatic rings. The van der Waals surface area contributed by atoms with E-state index in [2.05, 4.69) is 5.10 Å². The zero-order valence-electron chi connectivity index (χ0n) is 12.1. The molecule has 1 aromatic heterocycles. The van der Waals surface area contributed by atoms with Crippen molar-refractivity contribution in [1.82, 2.24) is 14.7 Å². The first kappa shape index (κ1) is 15.9. The van der Waals surface area contributed by atoms with Crippen LogP contribution in [0, 0.1) is 10.1 Å². The topological polar surface area (TPSA) is 128 Å². The largest absolute Gasteiger partial charge is 0.479 e. The van der Waals surface area contributed by atoms with E-state index < -0.39 is 22.5 Å². The lowest BCUT2D eigenvalue weighted by Crippen LogP contribution is -2.54. The summed E-state index contributed by atoms with van der Waals surface area (Å²) in [6.45, 7) is 3.45. The van der Waals surface area contributed by atoms with Gasteiger partial charge in [-0.3, -0.25) is 19.6 Å². The molecule has 2 heterocycles. The second-order valence-electron chi connectivity index (χ2n) is 5.41. The van der Waals surface area contributed by atoms with Crippen molar-refractivity contribution in [1.29, 1.82) is 0 Å². The number of carboxylic acids is 1. The highest BCUT2D eigenvalue weighted by Gasteiger charge is 2.39. The molecule has 1 N–H and O–H groups in total. The summed E-state index contributed by atoms with van der Waals surface area (Å²) in [4.78, 5) is 35.1. The van der Waals surface area contributed by atoms with Gasteiger partial charge < -0.3 is 14.7 Å². The highest BCUT2D eigenvalue weighted by molar-refractivity contribution is 5.84. The molecule has 0 bridgehead atoms. The first-order chi connectivity index (χ1) is 10.2. The van der Waals surface area contributed by atoms with Gasteiger partial charge in [0.05, 0.1) is 18.1 Å². The second kappa shape index (κ2) is 5.72. The second-order valence-corrected chi connectivity index (χ2v) is 5.41. The third-order valence-electron chi connectivity index (χ3n) is 3.51. The Kier molecular flexibility index (Phi) is 4.13. The van der Waals surface area contributed by atoms with Crippen LogP contribution < -0.4 is 0 Å². The van der Waals surface area contributed by atoms with Crippen molar-refractivity contribution in [2.24, 2.45) is 0 Å². The summed E-state index contributed by atoms with van der Waals surface area (Å²) in [7, 11) is 0. The molecular formula is C12H16N4O6. The fourth-order valence-electron chi connectivity index (χ4n) is 2.18. The van der Waals surface area contributed by atoms with Crippen LogP contribution in [-0.4, -0.2) is 62.4 Å². The van der Waals surface area contributed by atoms with Gasteiger partial charge in [-0.25, -0.2) is 4.79 Å². The van der Waals surface area contributed by atoms with E-state index in [-0.39, 0.29) is 31.3 Å². The lowest BCUT2D eigenvalue weighted by molar-refractivity contribution is -0.385. The number of rotatable bonds is 4. The molecule has 1 saturated heterocycles. The summed E-state index contributed by atoms with van der Waals surface area (Å²) in [6.07, 6.45) is 1.17. The van der Waals surface area contributed by atoms with Crippen LogP contribution in [0.3, 0.4) is 0 Å². The van der Waals surface area contributed by atoms with Gasteiger partial charge in [-0.1, -0.05) is 0 Å². The van der Waals surface area contributed by atoms with Crippen molar-refractivity contribution in [2.75, 3.05) is 19.7 Å². The molecule has 10 nitrogen and oxygen atoms in total. The molecule has 0 saturated carbocycles. The van der Waals surface area contributed by atoms with E-state index >= 15 is 0 Å². The van der Waals surface area contributed by atoms with Gasteiger partial charge in [-0.2, -0.15) is 5.10 Å². The van der Waals surface area contributed by atoms with Gasteiger partial charge in [0.1, 0.15) is 17.9 Å². The molecule has 1 fully saturated rings. The minimum atomic E-state index is -1.17. The maximum Gasteiger partial charge on any atom is 0.334 e. The third-order valence-corrected chi connectivity index (χ3v) is 3.51. The van der Waals surface area contributed by atoms with Crippen LogP contribution in [0.4, 0.5) is 5.69 Å². The predicted octanol–water partition coefficient (Wildman–Crippen LogP) is -0.162. The van der Waals surface area contributed by atoms with Crippen molar-refractivity contribution in [2.45, 2.75) is 25.5 Å². The van der Waals surface area contributed by atoms with Gasteiger partial charge in [0.25, 0.3) is 0 Å². The van der Waals surface area contributed by atoms with Gasteiger partial charge in [-0.05, 0) is 13.8 Å². The Labute approximate surface area is 125 Å². The average molecular weight is 312 g/mol. The summed E-state index contributed by atoms with van der Waals surface area (Å²) >= 11 is 0. The van der Waals surface area contributed by atoms with Crippen LogP contribution in [0.25, 0.3) is 0 Å². The number of nitrogens with zero attached hydrogens (tertiary/aromatic N) is 4. The van der Waals surface area contributed by atoms with Crippen molar-refractivity contribution in [3.05, 3.63) is 22.5 Å². The summed E-state index contributed by atoms with van der Waals surface area (Å²) < 4.78 is 6.28. The van der Waals surface area contributed by atoms with Gasteiger partial charge in [0, 0.05) is 6.54 Å². The van der Waals surface area contributed by atoms with E-state index in [1.165, 1.54) is 15.8 Å². The number of carbonyl (C=O) groups excluding carboxylic acids is 1. The Hall–Kier alpha value is -2.49. The molecule has 120 valence electrons. The van der Waals surface area contributed by atoms with E-state index in [1.54, 1.807) is 13.8 Å². The molecule has 1 amide bonds. The molecule has 1 aliphatic rings. The van der Waals surface area contributed by atoms with Crippen LogP contribution in [0.1, 0.15) is 13.8 Å². The van der Waals surface area contributed by atoms with Gasteiger partial charge >= 0.3 is 11.7 Å². The predicted molar refractivity (Wildman–Crippen MR) is 72.2 cm³/mol. The maximum atomic E-state index is 12.6. The Morgan fingerprint density at radius 3 is 2.77 bits per heavy atom. The SMILES string of the molecule is CC(C)(C(=O)N1CCOC(C(=O)O)C1)n1cc([N+](=O)[O-])cn1. The first-order valence-corrected chi connectivity index (χ1v) is 6.57. The highest BCUT2D eigenvalue weighted by atomic mass is 16.6. The highest BCUT2D eigenvalue weighted by Crippen LogP contribution is 2.22. The zero-order valence-corrected chi connectivity index (χ0v) is 12.1. The van der Waals surface area contributed by atoms with Crippen LogP contribution >= 0.6 is 0 Å². The summed E-state index contributed by atoms with van der Waals surface area (Å²) in [5.41, 5.74) is -1.39. The number of amides is 1. The van der Waals surface area contributed by atoms with Crippen LogP contribution in [0.2, 0.25) is 0 Å². The molecule has 0 radical (unpaired) electrons. The molecule has 0 aromatic carbocycles. The smallest absolute Gasteiger partial charge is 0.334 e. The number of nitro groups is 1. The van der Waals surface area contributed by atoms with Crippen LogP contribution in [0.15, 0.2) is 12.4 Å². The minimum absolute atomic E-state index is 0.0685. The lowest BCUT2D eigenvalue weighted by Gasteiger charge is -2.36. The molecule has 10 heteroatoms. The number of aliphatic carboxylic acids is 1. The number of carbonyl (C=O) groups is 2. The van der Waals surface area contributed by atoms with Gasteiger partial charge in [-0.15, -0.1) is 0 Å². The molecular weight excluding hydrogens is 296 g/mol. The van der Waals surface area contributed by atoms with Crippen LogP contribution in [-0.2, 0) is 19.9 Å². The van der Waals surface area contributed by atoms with Crippen LogP contribution in [0.5, 0.6) is 0 Å². The van der Waals surface area contributed by atoms with E-state index in [0.29, 0.717) is 0 Å². The summed E-state index contributed by atoms with van der Waals surface area (Å²) in [6, 6.07) is 0. The van der Waals surface area contributed by atoms with E-state index in [0.717, 1.165) is 6.20 Å².